The van der Waals surface area contributed by atoms with E-state index in [-0.39, 0.29) is 18.0 Å². The van der Waals surface area contributed by atoms with Crippen molar-refractivity contribution in [3.8, 4) is 0 Å². The van der Waals surface area contributed by atoms with E-state index in [1.807, 2.05) is 13.8 Å². The highest BCUT2D eigenvalue weighted by molar-refractivity contribution is 5.76. The summed E-state index contributed by atoms with van der Waals surface area (Å²) in [7, 11) is 0. The van der Waals surface area contributed by atoms with E-state index < -0.39 is 5.92 Å². The second kappa shape index (κ2) is 7.10. The number of nitrogens with zero attached hydrogens (tertiary/aromatic N) is 2. The molecule has 0 aliphatic carbocycles. The predicted molar refractivity (Wildman–Crippen MR) is 64.0 cm³/mol. The van der Waals surface area contributed by atoms with Gasteiger partial charge in [-0.3, -0.25) is 4.79 Å². The normalized spacial score (nSPS) is 14.2. The van der Waals surface area contributed by atoms with E-state index in [4.69, 9.17) is 14.0 Å². The minimum atomic E-state index is -0.551. The van der Waals surface area contributed by atoms with Crippen LogP contribution in [0.4, 0.5) is 0 Å². The molecule has 0 N–H and O–H groups in total. The number of aromatic nitrogens is 2. The molecule has 1 heterocycles. The van der Waals surface area contributed by atoms with Crippen molar-refractivity contribution in [1.29, 1.82) is 0 Å². The van der Waals surface area contributed by atoms with E-state index in [2.05, 4.69) is 10.1 Å². The maximum Gasteiger partial charge on any atom is 0.318 e. The number of carbonyl (C=O) groups excluding carboxylic acids is 1. The lowest BCUT2D eigenvalue weighted by atomic mass is 10.2. The van der Waals surface area contributed by atoms with Gasteiger partial charge in [-0.2, -0.15) is 4.98 Å². The number of rotatable bonds is 7. The molecule has 6 nitrogen and oxygen atoms in total. The number of hydrogen-bond acceptors (Lipinski definition) is 6. The molecular formula is C12H20N2O4. The predicted octanol–water partition coefficient (Wildman–Crippen LogP) is 2.22. The van der Waals surface area contributed by atoms with Crippen LogP contribution in [0.5, 0.6) is 0 Å². The molecule has 2 atom stereocenters. The number of carbonyl (C=O) groups is 1. The van der Waals surface area contributed by atoms with E-state index in [0.717, 1.165) is 6.42 Å². The van der Waals surface area contributed by atoms with Crippen molar-refractivity contribution < 1.29 is 18.8 Å². The van der Waals surface area contributed by atoms with Crippen LogP contribution in [0.3, 0.4) is 0 Å². The highest BCUT2D eigenvalue weighted by atomic mass is 16.5. The van der Waals surface area contributed by atoms with Crippen molar-refractivity contribution in [3.63, 3.8) is 0 Å². The van der Waals surface area contributed by atoms with Crippen LogP contribution in [0, 0.1) is 0 Å². The first-order valence-electron chi connectivity index (χ1n) is 6.25. The molecule has 0 radical (unpaired) electrons. The first kappa shape index (κ1) is 14.6. The number of ether oxygens (including phenoxy) is 2. The summed E-state index contributed by atoms with van der Waals surface area (Å²) in [5.41, 5.74) is 0. The maximum atomic E-state index is 11.5. The van der Waals surface area contributed by atoms with E-state index in [1.165, 1.54) is 0 Å². The van der Waals surface area contributed by atoms with Gasteiger partial charge in [-0.15, -0.1) is 0 Å². The first-order chi connectivity index (χ1) is 8.63. The minimum absolute atomic E-state index is 0.193. The quantitative estimate of drug-likeness (QED) is 0.696. The molecule has 1 aromatic rings. The van der Waals surface area contributed by atoms with Crippen molar-refractivity contribution in [2.75, 3.05) is 13.2 Å². The lowest BCUT2D eigenvalue weighted by Crippen LogP contribution is -2.13. The number of esters is 1. The van der Waals surface area contributed by atoms with Crippen molar-refractivity contribution >= 4 is 5.97 Å². The van der Waals surface area contributed by atoms with Crippen LogP contribution in [-0.4, -0.2) is 29.3 Å². The maximum absolute atomic E-state index is 11.5. The van der Waals surface area contributed by atoms with Crippen molar-refractivity contribution in [2.45, 2.75) is 46.1 Å². The van der Waals surface area contributed by atoms with E-state index in [1.54, 1.807) is 13.8 Å². The molecule has 1 rings (SSSR count). The van der Waals surface area contributed by atoms with Crippen LogP contribution in [0.1, 0.15) is 57.9 Å². The van der Waals surface area contributed by atoms with E-state index >= 15 is 0 Å². The molecule has 102 valence electrons. The molecule has 0 fully saturated rings. The average Bonchev–Trinajstić information content (AvgIpc) is 2.84. The van der Waals surface area contributed by atoms with Gasteiger partial charge in [-0.25, -0.2) is 0 Å². The third-order valence-electron chi connectivity index (χ3n) is 2.49. The Bertz CT molecular complexity index is 378. The summed E-state index contributed by atoms with van der Waals surface area (Å²) in [6.45, 7) is 8.23. The van der Waals surface area contributed by atoms with Crippen LogP contribution in [-0.2, 0) is 14.3 Å². The zero-order chi connectivity index (χ0) is 13.5. The van der Waals surface area contributed by atoms with Gasteiger partial charge < -0.3 is 14.0 Å². The van der Waals surface area contributed by atoms with Gasteiger partial charge in [0.25, 0.3) is 0 Å². The Morgan fingerprint density at radius 1 is 1.33 bits per heavy atom. The van der Waals surface area contributed by atoms with Gasteiger partial charge in [0, 0.05) is 6.61 Å². The molecule has 0 spiro atoms. The Kier molecular flexibility index (Phi) is 5.77. The molecule has 0 aromatic carbocycles. The van der Waals surface area contributed by atoms with Crippen LogP contribution in [0.15, 0.2) is 4.52 Å². The molecule has 2 unspecified atom stereocenters. The molecule has 0 aliphatic rings. The summed E-state index contributed by atoms with van der Waals surface area (Å²) in [5, 5.41) is 3.85. The van der Waals surface area contributed by atoms with Gasteiger partial charge in [-0.05, 0) is 27.2 Å². The molecule has 18 heavy (non-hydrogen) atoms. The minimum Gasteiger partial charge on any atom is -0.465 e. The Morgan fingerprint density at radius 2 is 2.06 bits per heavy atom. The lowest BCUT2D eigenvalue weighted by molar-refractivity contribution is -0.145. The molecule has 0 aliphatic heterocycles. The van der Waals surface area contributed by atoms with Gasteiger partial charge in [0.05, 0.1) is 6.61 Å². The first-order valence-corrected chi connectivity index (χ1v) is 6.25. The van der Waals surface area contributed by atoms with Gasteiger partial charge in [0.1, 0.15) is 12.0 Å². The van der Waals surface area contributed by atoms with Crippen molar-refractivity contribution in [2.24, 2.45) is 0 Å². The van der Waals surface area contributed by atoms with Gasteiger partial charge in [-0.1, -0.05) is 12.1 Å². The summed E-state index contributed by atoms with van der Waals surface area (Å²) in [4.78, 5) is 15.7. The van der Waals surface area contributed by atoms with Crippen LogP contribution >= 0.6 is 0 Å². The molecule has 1 aromatic heterocycles. The zero-order valence-corrected chi connectivity index (χ0v) is 11.3. The Hall–Kier alpha value is -1.43. The lowest BCUT2D eigenvalue weighted by Gasteiger charge is -2.09. The monoisotopic (exact) mass is 256 g/mol. The highest BCUT2D eigenvalue weighted by Gasteiger charge is 2.25. The second-order valence-corrected chi connectivity index (χ2v) is 3.82. The Labute approximate surface area is 107 Å². The average molecular weight is 256 g/mol. The Balaban J connectivity index is 2.75. The molecule has 0 amide bonds. The SMILES string of the molecule is CCOC(=O)C(C)c1nc(C(CC)OCC)no1. The fraction of sp³-hybridized carbons (Fsp3) is 0.750. The van der Waals surface area contributed by atoms with E-state index in [0.29, 0.717) is 19.0 Å². The van der Waals surface area contributed by atoms with Crippen LogP contribution in [0.25, 0.3) is 0 Å². The summed E-state index contributed by atoms with van der Waals surface area (Å²) in [6, 6.07) is 0. The third kappa shape index (κ3) is 3.53. The summed E-state index contributed by atoms with van der Waals surface area (Å²) in [6.07, 6.45) is 0.558. The largest absolute Gasteiger partial charge is 0.465 e. The molecule has 0 saturated carbocycles. The van der Waals surface area contributed by atoms with Crippen molar-refractivity contribution in [3.05, 3.63) is 11.7 Å². The topological polar surface area (TPSA) is 74.5 Å². The second-order valence-electron chi connectivity index (χ2n) is 3.82. The van der Waals surface area contributed by atoms with Crippen LogP contribution in [0.2, 0.25) is 0 Å². The van der Waals surface area contributed by atoms with Crippen molar-refractivity contribution in [1.82, 2.24) is 10.1 Å². The Morgan fingerprint density at radius 3 is 2.61 bits per heavy atom. The zero-order valence-electron chi connectivity index (χ0n) is 11.3. The highest BCUT2D eigenvalue weighted by Crippen LogP contribution is 2.21. The molecule has 6 heteroatoms. The summed E-state index contributed by atoms with van der Waals surface area (Å²) < 4.78 is 15.5. The standard InChI is InChI=1S/C12H20N2O4/c1-5-9(16-6-2)10-13-11(18-14-10)8(4)12(15)17-7-3/h8-9H,5-7H2,1-4H3. The fourth-order valence-electron chi connectivity index (χ4n) is 1.50. The van der Waals surface area contributed by atoms with Gasteiger partial charge >= 0.3 is 5.97 Å². The molecular weight excluding hydrogens is 236 g/mol. The van der Waals surface area contributed by atoms with Gasteiger partial charge in [0.15, 0.2) is 0 Å². The smallest absolute Gasteiger partial charge is 0.318 e. The third-order valence-corrected chi connectivity index (χ3v) is 2.49. The van der Waals surface area contributed by atoms with Crippen LogP contribution < -0.4 is 0 Å². The van der Waals surface area contributed by atoms with Gasteiger partial charge in [0.2, 0.25) is 11.7 Å². The fourth-order valence-corrected chi connectivity index (χ4v) is 1.50. The molecule has 0 bridgehead atoms. The number of hydrogen-bond donors (Lipinski definition) is 0. The molecule has 0 saturated heterocycles. The van der Waals surface area contributed by atoms with E-state index in [9.17, 15) is 4.79 Å². The summed E-state index contributed by atoms with van der Waals surface area (Å²) >= 11 is 0. The summed E-state index contributed by atoms with van der Waals surface area (Å²) in [5.74, 6) is -0.172.